The highest BCUT2D eigenvalue weighted by atomic mass is 16.1. The van der Waals surface area contributed by atoms with E-state index in [4.69, 9.17) is 0 Å². The minimum absolute atomic E-state index is 0.0435. The van der Waals surface area contributed by atoms with Gasteiger partial charge < -0.3 is 9.88 Å². The number of carbonyl (C=O) groups is 1. The molecule has 1 N–H and O–H groups in total. The molecule has 0 bridgehead atoms. The van der Waals surface area contributed by atoms with Gasteiger partial charge in [-0.05, 0) is 44.0 Å². The van der Waals surface area contributed by atoms with Crippen molar-refractivity contribution in [3.63, 3.8) is 0 Å². The van der Waals surface area contributed by atoms with Crippen LogP contribution in [0, 0.1) is 6.92 Å². The van der Waals surface area contributed by atoms with Gasteiger partial charge in [0.1, 0.15) is 5.82 Å². The van der Waals surface area contributed by atoms with Crippen molar-refractivity contribution in [2.24, 2.45) is 0 Å². The van der Waals surface area contributed by atoms with E-state index in [1.165, 1.54) is 0 Å². The SMILES string of the molecule is Cc1nccn1CCCC(=O)NC(C)c1cccc(-n2cccn2)c1. The van der Waals surface area contributed by atoms with Gasteiger partial charge in [-0.2, -0.15) is 5.10 Å². The van der Waals surface area contributed by atoms with Gasteiger partial charge in [-0.15, -0.1) is 0 Å². The first-order chi connectivity index (χ1) is 12.1. The van der Waals surface area contributed by atoms with E-state index in [-0.39, 0.29) is 11.9 Å². The van der Waals surface area contributed by atoms with Crippen LogP contribution in [-0.2, 0) is 11.3 Å². The summed E-state index contributed by atoms with van der Waals surface area (Å²) in [5, 5.41) is 7.31. The zero-order chi connectivity index (χ0) is 17.6. The molecule has 3 rings (SSSR count). The molecule has 0 aliphatic rings. The molecule has 2 aromatic heterocycles. The fourth-order valence-corrected chi connectivity index (χ4v) is 2.81. The standard InChI is InChI=1S/C19H23N5O/c1-15(17-6-3-7-18(14-17)24-12-5-9-21-24)22-19(25)8-4-11-23-13-10-20-16(23)2/h3,5-7,9-10,12-15H,4,8,11H2,1-2H3,(H,22,25). The second kappa shape index (κ2) is 7.79. The average Bonchev–Trinajstić information content (AvgIpc) is 3.27. The molecule has 0 radical (unpaired) electrons. The molecule has 1 aromatic carbocycles. The lowest BCUT2D eigenvalue weighted by atomic mass is 10.1. The highest BCUT2D eigenvalue weighted by Gasteiger charge is 2.10. The van der Waals surface area contributed by atoms with Gasteiger partial charge in [0.15, 0.2) is 0 Å². The Labute approximate surface area is 147 Å². The quantitative estimate of drug-likeness (QED) is 0.721. The van der Waals surface area contributed by atoms with Gasteiger partial charge in [-0.1, -0.05) is 12.1 Å². The number of hydrogen-bond donors (Lipinski definition) is 1. The minimum atomic E-state index is -0.0435. The number of aromatic nitrogens is 4. The summed E-state index contributed by atoms with van der Waals surface area (Å²) in [4.78, 5) is 16.4. The van der Waals surface area contributed by atoms with Crippen molar-refractivity contribution in [1.82, 2.24) is 24.6 Å². The zero-order valence-corrected chi connectivity index (χ0v) is 14.6. The van der Waals surface area contributed by atoms with E-state index in [1.807, 2.05) is 61.3 Å². The molecule has 1 atom stereocenters. The van der Waals surface area contributed by atoms with Crippen molar-refractivity contribution < 1.29 is 4.79 Å². The Balaban J connectivity index is 1.53. The van der Waals surface area contributed by atoms with E-state index >= 15 is 0 Å². The Hall–Kier alpha value is -2.89. The number of nitrogens with zero attached hydrogens (tertiary/aromatic N) is 4. The topological polar surface area (TPSA) is 64.7 Å². The number of amides is 1. The Morgan fingerprint density at radius 3 is 2.84 bits per heavy atom. The van der Waals surface area contributed by atoms with Crippen LogP contribution in [0.3, 0.4) is 0 Å². The van der Waals surface area contributed by atoms with Crippen molar-refractivity contribution in [3.8, 4) is 5.69 Å². The highest BCUT2D eigenvalue weighted by molar-refractivity contribution is 5.76. The summed E-state index contributed by atoms with van der Waals surface area (Å²) in [6, 6.07) is 9.90. The smallest absolute Gasteiger partial charge is 0.220 e. The van der Waals surface area contributed by atoms with E-state index in [0.717, 1.165) is 30.0 Å². The molecule has 25 heavy (non-hydrogen) atoms. The van der Waals surface area contributed by atoms with E-state index in [0.29, 0.717) is 6.42 Å². The Morgan fingerprint density at radius 2 is 2.12 bits per heavy atom. The molecule has 0 saturated heterocycles. The second-order valence-corrected chi connectivity index (χ2v) is 6.11. The lowest BCUT2D eigenvalue weighted by Crippen LogP contribution is -2.26. The maximum absolute atomic E-state index is 12.2. The van der Waals surface area contributed by atoms with Crippen LogP contribution in [0.4, 0.5) is 0 Å². The third-order valence-corrected chi connectivity index (χ3v) is 4.24. The third kappa shape index (κ3) is 4.35. The largest absolute Gasteiger partial charge is 0.350 e. The van der Waals surface area contributed by atoms with Crippen LogP contribution in [0.15, 0.2) is 55.1 Å². The molecule has 2 heterocycles. The summed E-state index contributed by atoms with van der Waals surface area (Å²) < 4.78 is 3.87. The molecular formula is C19H23N5O. The van der Waals surface area contributed by atoms with Gasteiger partial charge in [-0.25, -0.2) is 9.67 Å². The first-order valence-corrected chi connectivity index (χ1v) is 8.50. The maximum atomic E-state index is 12.2. The Morgan fingerprint density at radius 1 is 1.24 bits per heavy atom. The van der Waals surface area contributed by atoms with Crippen LogP contribution < -0.4 is 5.32 Å². The monoisotopic (exact) mass is 337 g/mol. The first kappa shape index (κ1) is 17.0. The Bertz CT molecular complexity index is 822. The maximum Gasteiger partial charge on any atom is 0.220 e. The van der Waals surface area contributed by atoms with Crippen LogP contribution in [-0.4, -0.2) is 25.2 Å². The van der Waals surface area contributed by atoms with Crippen molar-refractivity contribution in [3.05, 3.63) is 66.5 Å². The van der Waals surface area contributed by atoms with Crippen molar-refractivity contribution in [1.29, 1.82) is 0 Å². The van der Waals surface area contributed by atoms with Crippen LogP contribution in [0.1, 0.15) is 37.2 Å². The molecule has 130 valence electrons. The normalized spacial score (nSPS) is 12.1. The van der Waals surface area contributed by atoms with Gasteiger partial charge in [0, 0.05) is 37.8 Å². The van der Waals surface area contributed by atoms with Crippen LogP contribution in [0.5, 0.6) is 0 Å². The lowest BCUT2D eigenvalue weighted by molar-refractivity contribution is -0.121. The molecule has 1 amide bonds. The van der Waals surface area contributed by atoms with E-state index < -0.39 is 0 Å². The van der Waals surface area contributed by atoms with Crippen LogP contribution >= 0.6 is 0 Å². The highest BCUT2D eigenvalue weighted by Crippen LogP contribution is 2.16. The predicted molar refractivity (Wildman–Crippen MR) is 96.3 cm³/mol. The summed E-state index contributed by atoms with van der Waals surface area (Å²) in [5.74, 6) is 1.04. The van der Waals surface area contributed by atoms with E-state index in [1.54, 1.807) is 12.4 Å². The summed E-state index contributed by atoms with van der Waals surface area (Å²) in [5.41, 5.74) is 2.05. The molecule has 6 nitrogen and oxygen atoms in total. The van der Waals surface area contributed by atoms with Crippen molar-refractivity contribution in [2.75, 3.05) is 0 Å². The molecule has 0 fully saturated rings. The third-order valence-electron chi connectivity index (χ3n) is 4.24. The molecular weight excluding hydrogens is 314 g/mol. The number of hydrogen-bond acceptors (Lipinski definition) is 3. The zero-order valence-electron chi connectivity index (χ0n) is 14.6. The number of aryl methyl sites for hydroxylation is 2. The van der Waals surface area contributed by atoms with E-state index in [2.05, 4.69) is 20.0 Å². The summed E-state index contributed by atoms with van der Waals surface area (Å²) >= 11 is 0. The van der Waals surface area contributed by atoms with Crippen molar-refractivity contribution >= 4 is 5.91 Å². The van der Waals surface area contributed by atoms with Crippen LogP contribution in [0.2, 0.25) is 0 Å². The van der Waals surface area contributed by atoms with Crippen LogP contribution in [0.25, 0.3) is 5.69 Å². The van der Waals surface area contributed by atoms with Gasteiger partial charge in [0.05, 0.1) is 11.7 Å². The summed E-state index contributed by atoms with van der Waals surface area (Å²) in [7, 11) is 0. The average molecular weight is 337 g/mol. The molecule has 1 unspecified atom stereocenters. The number of carbonyl (C=O) groups excluding carboxylic acids is 1. The van der Waals surface area contributed by atoms with Gasteiger partial charge in [0.2, 0.25) is 5.91 Å². The fourth-order valence-electron chi connectivity index (χ4n) is 2.81. The molecule has 3 aromatic rings. The number of imidazole rings is 1. The fraction of sp³-hybridized carbons (Fsp3) is 0.316. The minimum Gasteiger partial charge on any atom is -0.350 e. The molecule has 0 spiro atoms. The first-order valence-electron chi connectivity index (χ1n) is 8.50. The van der Waals surface area contributed by atoms with Crippen molar-refractivity contribution in [2.45, 2.75) is 39.3 Å². The lowest BCUT2D eigenvalue weighted by Gasteiger charge is -2.15. The van der Waals surface area contributed by atoms with Gasteiger partial charge in [0.25, 0.3) is 0 Å². The number of rotatable bonds is 7. The summed E-state index contributed by atoms with van der Waals surface area (Å²) in [6.07, 6.45) is 8.67. The molecule has 0 saturated carbocycles. The number of nitrogens with one attached hydrogen (secondary N) is 1. The second-order valence-electron chi connectivity index (χ2n) is 6.11. The Kier molecular flexibility index (Phi) is 5.28. The number of benzene rings is 1. The molecule has 0 aliphatic carbocycles. The van der Waals surface area contributed by atoms with Gasteiger partial charge in [-0.3, -0.25) is 4.79 Å². The summed E-state index contributed by atoms with van der Waals surface area (Å²) in [6.45, 7) is 4.78. The molecule has 6 heteroatoms. The van der Waals surface area contributed by atoms with E-state index in [9.17, 15) is 4.79 Å². The van der Waals surface area contributed by atoms with Gasteiger partial charge >= 0.3 is 0 Å². The molecule has 0 aliphatic heterocycles. The predicted octanol–water partition coefficient (Wildman–Crippen LogP) is 3.03.